The number of methoxy groups -OCH3 is 1. The summed E-state index contributed by atoms with van der Waals surface area (Å²) in [5.74, 6) is 1.60. The van der Waals surface area contributed by atoms with Crippen molar-refractivity contribution in [2.24, 2.45) is 23.7 Å². The molecule has 0 unspecified atom stereocenters. The lowest BCUT2D eigenvalue weighted by molar-refractivity contribution is -0.188. The molecule has 0 aromatic heterocycles. The van der Waals surface area contributed by atoms with E-state index < -0.39 is 14.1 Å². The highest BCUT2D eigenvalue weighted by molar-refractivity contribution is 6.74. The first-order valence-corrected chi connectivity index (χ1v) is 14.5. The van der Waals surface area contributed by atoms with Gasteiger partial charge in [-0.1, -0.05) is 46.3 Å². The van der Waals surface area contributed by atoms with Gasteiger partial charge in [0.15, 0.2) is 14.1 Å². The first-order valence-electron chi connectivity index (χ1n) is 11.6. The van der Waals surface area contributed by atoms with Crippen molar-refractivity contribution in [1.29, 1.82) is 0 Å². The van der Waals surface area contributed by atoms with Gasteiger partial charge in [-0.3, -0.25) is 0 Å². The number of allylic oxidation sites excluding steroid dienone is 2. The van der Waals surface area contributed by atoms with E-state index in [-0.39, 0.29) is 11.1 Å². The molecule has 3 aliphatic rings. The van der Waals surface area contributed by atoms with Gasteiger partial charge in [-0.05, 0) is 61.6 Å². The molecule has 5 heteroatoms. The molecular formula is C24H44O4Si. The number of hydrogen-bond donors (Lipinski definition) is 0. The molecular weight excluding hydrogens is 380 g/mol. The van der Waals surface area contributed by atoms with E-state index in [1.54, 1.807) is 7.11 Å². The van der Waals surface area contributed by atoms with E-state index in [9.17, 15) is 0 Å². The fourth-order valence-corrected chi connectivity index (χ4v) is 7.16. The van der Waals surface area contributed by atoms with Crippen LogP contribution in [0.5, 0.6) is 0 Å². The summed E-state index contributed by atoms with van der Waals surface area (Å²) in [7, 11) is -0.220. The second-order valence-electron chi connectivity index (χ2n) is 11.5. The maximum Gasteiger partial charge on any atom is 0.195 e. The van der Waals surface area contributed by atoms with E-state index in [1.165, 1.54) is 5.57 Å². The van der Waals surface area contributed by atoms with Crippen molar-refractivity contribution in [1.82, 2.24) is 0 Å². The Balaban J connectivity index is 1.93. The Morgan fingerprint density at radius 2 is 1.90 bits per heavy atom. The molecule has 3 fully saturated rings. The molecule has 168 valence electrons. The van der Waals surface area contributed by atoms with Gasteiger partial charge in [0.2, 0.25) is 0 Å². The number of fused-ring (bicyclic) bond motifs is 1. The van der Waals surface area contributed by atoms with Gasteiger partial charge in [0.1, 0.15) is 6.79 Å². The zero-order valence-corrected chi connectivity index (χ0v) is 21.2. The van der Waals surface area contributed by atoms with E-state index in [0.717, 1.165) is 25.7 Å². The van der Waals surface area contributed by atoms with Gasteiger partial charge < -0.3 is 18.6 Å². The monoisotopic (exact) mass is 424 g/mol. The average molecular weight is 425 g/mol. The average Bonchev–Trinajstić information content (AvgIpc) is 2.90. The van der Waals surface area contributed by atoms with Crippen molar-refractivity contribution >= 4 is 8.32 Å². The van der Waals surface area contributed by atoms with E-state index in [4.69, 9.17) is 18.6 Å². The summed E-state index contributed by atoms with van der Waals surface area (Å²) >= 11 is 0. The molecule has 0 radical (unpaired) electrons. The third kappa shape index (κ3) is 4.69. The second kappa shape index (κ2) is 8.38. The van der Waals surface area contributed by atoms with E-state index in [2.05, 4.69) is 60.7 Å². The van der Waals surface area contributed by atoms with Crippen molar-refractivity contribution < 1.29 is 18.6 Å². The summed E-state index contributed by atoms with van der Waals surface area (Å²) in [5, 5.41) is 0.179. The largest absolute Gasteiger partial charge is 0.390 e. The molecule has 1 saturated heterocycles. The molecule has 2 saturated carbocycles. The molecule has 0 aromatic carbocycles. The summed E-state index contributed by atoms with van der Waals surface area (Å²) in [6.45, 7) is 18.9. The molecule has 3 rings (SSSR count). The SMILES string of the molecule is COCO[C@@H]1CC[C@@H]2O[C@@]3(O[Si](C)(C)C(C)(C)C)C[C@@H]2[C@@H]1[C@H](/C(C)=C/C(C)C)C3. The molecule has 0 amide bonds. The van der Waals surface area contributed by atoms with Crippen molar-refractivity contribution in [3.05, 3.63) is 11.6 Å². The first-order chi connectivity index (χ1) is 13.4. The van der Waals surface area contributed by atoms with Gasteiger partial charge in [-0.15, -0.1) is 0 Å². The minimum atomic E-state index is -1.93. The van der Waals surface area contributed by atoms with Crippen molar-refractivity contribution in [3.8, 4) is 0 Å². The molecule has 0 spiro atoms. The van der Waals surface area contributed by atoms with Crippen molar-refractivity contribution in [2.45, 2.75) is 103 Å². The highest BCUT2D eigenvalue weighted by atomic mass is 28.4. The molecule has 29 heavy (non-hydrogen) atoms. The number of hydrogen-bond acceptors (Lipinski definition) is 4. The maximum atomic E-state index is 7.06. The Hall–Kier alpha value is -0.203. The lowest BCUT2D eigenvalue weighted by Crippen LogP contribution is -2.53. The van der Waals surface area contributed by atoms with Gasteiger partial charge in [0.05, 0.1) is 12.2 Å². The van der Waals surface area contributed by atoms with E-state index >= 15 is 0 Å². The van der Waals surface area contributed by atoms with Crippen LogP contribution in [0, 0.1) is 23.7 Å². The van der Waals surface area contributed by atoms with Crippen LogP contribution in [-0.2, 0) is 18.6 Å². The molecule has 2 aliphatic carbocycles. The normalized spacial score (nSPS) is 38.0. The van der Waals surface area contributed by atoms with Crippen LogP contribution in [0.1, 0.15) is 67.2 Å². The Bertz CT molecular complexity index is 608. The fraction of sp³-hybridized carbons (Fsp3) is 0.917. The summed E-state index contributed by atoms with van der Waals surface area (Å²) in [5.41, 5.74) is 1.48. The zero-order chi connectivity index (χ0) is 21.6. The van der Waals surface area contributed by atoms with Gasteiger partial charge in [-0.2, -0.15) is 0 Å². The number of ether oxygens (including phenoxy) is 3. The van der Waals surface area contributed by atoms with E-state index in [1.807, 2.05) is 0 Å². The van der Waals surface area contributed by atoms with Crippen molar-refractivity contribution in [2.75, 3.05) is 13.9 Å². The van der Waals surface area contributed by atoms with Crippen LogP contribution in [0.4, 0.5) is 0 Å². The highest BCUT2D eigenvalue weighted by Gasteiger charge is 2.62. The Morgan fingerprint density at radius 1 is 1.21 bits per heavy atom. The minimum absolute atomic E-state index is 0.179. The van der Waals surface area contributed by atoms with Crippen LogP contribution in [0.25, 0.3) is 0 Å². The highest BCUT2D eigenvalue weighted by Crippen LogP contribution is 2.59. The molecule has 4 nitrogen and oxygen atoms in total. The van der Waals surface area contributed by atoms with Crippen LogP contribution >= 0.6 is 0 Å². The maximum absolute atomic E-state index is 7.06. The van der Waals surface area contributed by atoms with Gasteiger partial charge in [0.25, 0.3) is 0 Å². The Labute approximate surface area is 179 Å². The summed E-state index contributed by atoms with van der Waals surface area (Å²) in [6, 6.07) is 0. The van der Waals surface area contributed by atoms with Gasteiger partial charge in [-0.25, -0.2) is 0 Å². The molecule has 0 aromatic rings. The topological polar surface area (TPSA) is 36.9 Å². The fourth-order valence-electron chi connectivity index (χ4n) is 5.70. The summed E-state index contributed by atoms with van der Waals surface area (Å²) in [6.07, 6.45) is 7.10. The summed E-state index contributed by atoms with van der Waals surface area (Å²) < 4.78 is 25.3. The molecule has 1 aliphatic heterocycles. The standard InChI is InChI=1S/C24H44O4Si/c1-16(2)12-17(3)18-13-24(28-29(8,9)23(4,5)6)14-19-20(27-24)10-11-21(22(18)19)26-15-25-7/h12,16,18-22H,10-11,13-15H2,1-9H3/b17-12+/t18-,19-,20-,21+,22-,24-/m0/s1. The molecule has 1 heterocycles. The quantitative estimate of drug-likeness (QED) is 0.280. The van der Waals surface area contributed by atoms with Crippen LogP contribution in [0.15, 0.2) is 11.6 Å². The molecule has 0 N–H and O–H groups in total. The lowest BCUT2D eigenvalue weighted by atomic mass is 9.61. The predicted molar refractivity (Wildman–Crippen MR) is 120 cm³/mol. The lowest BCUT2D eigenvalue weighted by Gasteiger charge is -2.49. The van der Waals surface area contributed by atoms with Crippen LogP contribution in [0.3, 0.4) is 0 Å². The van der Waals surface area contributed by atoms with Gasteiger partial charge >= 0.3 is 0 Å². The van der Waals surface area contributed by atoms with E-state index in [0.29, 0.717) is 36.6 Å². The third-order valence-corrected chi connectivity index (χ3v) is 12.4. The van der Waals surface area contributed by atoms with Crippen LogP contribution in [0.2, 0.25) is 18.1 Å². The smallest absolute Gasteiger partial charge is 0.195 e. The molecule has 2 bridgehead atoms. The third-order valence-electron chi connectivity index (χ3n) is 7.87. The second-order valence-corrected chi connectivity index (χ2v) is 16.3. The predicted octanol–water partition coefficient (Wildman–Crippen LogP) is 6.13. The minimum Gasteiger partial charge on any atom is -0.390 e. The number of rotatable bonds is 7. The van der Waals surface area contributed by atoms with Gasteiger partial charge in [0, 0.05) is 20.0 Å². The Kier molecular flexibility index (Phi) is 6.78. The zero-order valence-electron chi connectivity index (χ0n) is 20.2. The van der Waals surface area contributed by atoms with Crippen molar-refractivity contribution in [3.63, 3.8) is 0 Å². The van der Waals surface area contributed by atoms with Crippen LogP contribution in [-0.4, -0.2) is 40.2 Å². The molecule has 6 atom stereocenters. The first kappa shape index (κ1) is 23.5. The van der Waals surface area contributed by atoms with Crippen LogP contribution < -0.4 is 0 Å². The Morgan fingerprint density at radius 3 is 2.48 bits per heavy atom. The summed E-state index contributed by atoms with van der Waals surface area (Å²) in [4.78, 5) is 0.